The Hall–Kier alpha value is -2.32. The summed E-state index contributed by atoms with van der Waals surface area (Å²) < 4.78 is 1.40. The van der Waals surface area contributed by atoms with E-state index in [1.165, 1.54) is 16.3 Å². The molecule has 0 spiro atoms. The topological polar surface area (TPSA) is 87.5 Å². The maximum atomic E-state index is 12.6. The van der Waals surface area contributed by atoms with Crippen LogP contribution in [0.5, 0.6) is 0 Å². The second-order valence-electron chi connectivity index (χ2n) is 6.35. The van der Waals surface area contributed by atoms with E-state index in [4.69, 9.17) is 0 Å². The molecule has 0 radical (unpaired) electrons. The zero-order valence-corrected chi connectivity index (χ0v) is 15.6. The number of amides is 2. The first kappa shape index (κ1) is 18.5. The van der Waals surface area contributed by atoms with Crippen LogP contribution in [0.4, 0.5) is 0 Å². The summed E-state index contributed by atoms with van der Waals surface area (Å²) in [5, 5.41) is 16.6. The van der Waals surface area contributed by atoms with Crippen LogP contribution in [0.1, 0.15) is 26.5 Å². The molecule has 138 valence electrons. The summed E-state index contributed by atoms with van der Waals surface area (Å²) in [4.78, 5) is 27.3. The maximum Gasteiger partial charge on any atom is 0.274 e. The molecule has 0 bridgehead atoms. The number of thioether (sulfide) groups is 1. The summed E-state index contributed by atoms with van der Waals surface area (Å²) in [6.45, 7) is 2.98. The van der Waals surface area contributed by atoms with Gasteiger partial charge in [-0.2, -0.15) is 5.10 Å². The van der Waals surface area contributed by atoms with Gasteiger partial charge in [-0.3, -0.25) is 14.3 Å². The van der Waals surface area contributed by atoms with Gasteiger partial charge in [0.15, 0.2) is 5.69 Å². The Balaban J connectivity index is 1.60. The number of nitrogens with zero attached hydrogens (tertiary/aromatic N) is 3. The molecular formula is C18H22N4O3S. The van der Waals surface area contributed by atoms with Crippen molar-refractivity contribution < 1.29 is 14.7 Å². The van der Waals surface area contributed by atoms with Gasteiger partial charge in [-0.15, -0.1) is 11.8 Å². The number of rotatable bonds is 5. The molecule has 2 aromatic rings. The van der Waals surface area contributed by atoms with Gasteiger partial charge in [0.2, 0.25) is 0 Å². The molecule has 0 aliphatic carbocycles. The molecule has 1 aliphatic heterocycles. The third-order valence-corrected chi connectivity index (χ3v) is 5.17. The SMILES string of the molecule is Cc1ccc(SCCN(C)C(=O)c2cc3n(n2)CC(O)CNC3=O)cc1. The van der Waals surface area contributed by atoms with Crippen LogP contribution in [0.15, 0.2) is 35.2 Å². The van der Waals surface area contributed by atoms with Gasteiger partial charge < -0.3 is 15.3 Å². The Bertz CT molecular complexity index is 803. The summed E-state index contributed by atoms with van der Waals surface area (Å²) in [6.07, 6.45) is -0.716. The summed E-state index contributed by atoms with van der Waals surface area (Å²) >= 11 is 1.68. The Kier molecular flexibility index (Phi) is 5.63. The predicted molar refractivity (Wildman–Crippen MR) is 99.4 cm³/mol. The van der Waals surface area contributed by atoms with Crippen molar-refractivity contribution in [2.45, 2.75) is 24.5 Å². The highest BCUT2D eigenvalue weighted by atomic mass is 32.2. The number of carbonyl (C=O) groups excluding carboxylic acids is 2. The molecule has 0 saturated carbocycles. The number of aliphatic hydroxyl groups excluding tert-OH is 1. The minimum absolute atomic E-state index is 0.182. The number of β-amino-alcohol motifs (C(OH)–C–C–N with tert-alkyl or cyclic N) is 1. The second kappa shape index (κ2) is 7.92. The van der Waals surface area contributed by atoms with E-state index in [2.05, 4.69) is 34.7 Å². The Morgan fingerprint density at radius 2 is 2.15 bits per heavy atom. The van der Waals surface area contributed by atoms with E-state index in [1.54, 1.807) is 23.7 Å². The highest BCUT2D eigenvalue weighted by Gasteiger charge is 2.25. The smallest absolute Gasteiger partial charge is 0.274 e. The maximum absolute atomic E-state index is 12.6. The molecule has 1 aromatic heterocycles. The molecule has 0 fully saturated rings. The first-order valence-electron chi connectivity index (χ1n) is 8.43. The van der Waals surface area contributed by atoms with Crippen molar-refractivity contribution in [3.05, 3.63) is 47.3 Å². The van der Waals surface area contributed by atoms with Crippen LogP contribution in [-0.2, 0) is 6.54 Å². The van der Waals surface area contributed by atoms with Crippen LogP contribution in [0.3, 0.4) is 0 Å². The molecule has 8 heteroatoms. The van der Waals surface area contributed by atoms with Crippen molar-refractivity contribution in [1.29, 1.82) is 0 Å². The van der Waals surface area contributed by atoms with E-state index < -0.39 is 6.10 Å². The van der Waals surface area contributed by atoms with Gasteiger partial charge in [-0.25, -0.2) is 0 Å². The third kappa shape index (κ3) is 4.25. The Labute approximate surface area is 156 Å². The lowest BCUT2D eigenvalue weighted by Crippen LogP contribution is -2.31. The average Bonchev–Trinajstić information content (AvgIpc) is 2.99. The Morgan fingerprint density at radius 1 is 1.42 bits per heavy atom. The normalized spacial score (nSPS) is 16.6. The standard InChI is InChI=1S/C18H22N4O3S/c1-12-3-5-14(6-4-12)26-8-7-21(2)18(25)15-9-16-17(24)19-10-13(23)11-22(16)20-15/h3-6,9,13,23H,7-8,10-11H2,1-2H3,(H,19,24). The van der Waals surface area contributed by atoms with Crippen LogP contribution in [0, 0.1) is 6.92 Å². The third-order valence-electron chi connectivity index (χ3n) is 4.18. The minimum Gasteiger partial charge on any atom is -0.389 e. The molecule has 1 atom stereocenters. The van der Waals surface area contributed by atoms with Gasteiger partial charge in [0, 0.05) is 36.9 Å². The molecule has 1 aliphatic rings. The molecule has 26 heavy (non-hydrogen) atoms. The molecule has 1 aromatic carbocycles. The van der Waals surface area contributed by atoms with E-state index in [0.717, 1.165) is 10.6 Å². The highest BCUT2D eigenvalue weighted by molar-refractivity contribution is 7.99. The van der Waals surface area contributed by atoms with Crippen molar-refractivity contribution in [2.24, 2.45) is 0 Å². The lowest BCUT2D eigenvalue weighted by Gasteiger charge is -2.15. The molecule has 2 N–H and O–H groups in total. The average molecular weight is 374 g/mol. The number of benzene rings is 1. The van der Waals surface area contributed by atoms with Gasteiger partial charge in [-0.1, -0.05) is 17.7 Å². The van der Waals surface area contributed by atoms with Gasteiger partial charge in [-0.05, 0) is 19.1 Å². The van der Waals surface area contributed by atoms with Gasteiger partial charge >= 0.3 is 0 Å². The molecule has 3 rings (SSSR count). The zero-order valence-electron chi connectivity index (χ0n) is 14.8. The quantitative estimate of drug-likeness (QED) is 0.767. The van der Waals surface area contributed by atoms with Gasteiger partial charge in [0.25, 0.3) is 11.8 Å². The largest absolute Gasteiger partial charge is 0.389 e. The van der Waals surface area contributed by atoms with E-state index in [-0.39, 0.29) is 30.6 Å². The van der Waals surface area contributed by atoms with Crippen molar-refractivity contribution in [2.75, 3.05) is 25.9 Å². The van der Waals surface area contributed by atoms with Crippen molar-refractivity contribution in [3.8, 4) is 0 Å². The second-order valence-corrected chi connectivity index (χ2v) is 7.52. The van der Waals surface area contributed by atoms with E-state index in [0.29, 0.717) is 12.2 Å². The lowest BCUT2D eigenvalue weighted by atomic mass is 10.2. The minimum atomic E-state index is -0.716. The number of hydrogen-bond acceptors (Lipinski definition) is 5. The van der Waals surface area contributed by atoms with Crippen LogP contribution < -0.4 is 5.32 Å². The Morgan fingerprint density at radius 3 is 2.88 bits per heavy atom. The number of aryl methyl sites for hydroxylation is 1. The first-order chi connectivity index (χ1) is 12.4. The first-order valence-corrected chi connectivity index (χ1v) is 9.41. The summed E-state index contributed by atoms with van der Waals surface area (Å²) in [5.41, 5.74) is 1.73. The van der Waals surface area contributed by atoms with E-state index in [9.17, 15) is 14.7 Å². The van der Waals surface area contributed by atoms with Crippen molar-refractivity contribution in [1.82, 2.24) is 20.0 Å². The summed E-state index contributed by atoms with van der Waals surface area (Å²) in [5.74, 6) is 0.195. The fourth-order valence-electron chi connectivity index (χ4n) is 2.64. The van der Waals surface area contributed by atoms with Crippen LogP contribution in [-0.4, -0.2) is 63.6 Å². The van der Waals surface area contributed by atoms with Gasteiger partial charge in [0.1, 0.15) is 5.69 Å². The van der Waals surface area contributed by atoms with Gasteiger partial charge in [0.05, 0.1) is 12.6 Å². The fraction of sp³-hybridized carbons (Fsp3) is 0.389. The van der Waals surface area contributed by atoms with Crippen LogP contribution in [0.25, 0.3) is 0 Å². The summed E-state index contributed by atoms with van der Waals surface area (Å²) in [7, 11) is 1.72. The number of nitrogens with one attached hydrogen (secondary N) is 1. The van der Waals surface area contributed by atoms with E-state index >= 15 is 0 Å². The molecule has 7 nitrogen and oxygen atoms in total. The number of hydrogen-bond donors (Lipinski definition) is 2. The van der Waals surface area contributed by atoms with Crippen LogP contribution >= 0.6 is 11.8 Å². The van der Waals surface area contributed by atoms with Crippen LogP contribution in [0.2, 0.25) is 0 Å². The number of aromatic nitrogens is 2. The molecule has 2 heterocycles. The monoisotopic (exact) mass is 374 g/mol. The molecule has 0 saturated heterocycles. The highest BCUT2D eigenvalue weighted by Crippen LogP contribution is 2.18. The summed E-state index contributed by atoms with van der Waals surface area (Å²) in [6, 6.07) is 9.75. The van der Waals surface area contributed by atoms with Crippen molar-refractivity contribution >= 4 is 23.6 Å². The number of carbonyl (C=O) groups is 2. The number of aliphatic hydroxyl groups is 1. The number of fused-ring (bicyclic) bond motifs is 1. The molecule has 1 unspecified atom stereocenters. The predicted octanol–water partition coefficient (Wildman–Crippen LogP) is 1.16. The molecular weight excluding hydrogens is 352 g/mol. The van der Waals surface area contributed by atoms with Crippen molar-refractivity contribution in [3.63, 3.8) is 0 Å². The lowest BCUT2D eigenvalue weighted by molar-refractivity contribution is 0.0795. The fourth-order valence-corrected chi connectivity index (χ4v) is 3.57. The van der Waals surface area contributed by atoms with E-state index in [1.807, 2.05) is 6.92 Å². The molecule has 2 amide bonds. The zero-order chi connectivity index (χ0) is 18.7.